The molecular weight excluding hydrogens is 216 g/mol. The number of aromatic nitrogens is 4. The number of hydrogen-bond donors (Lipinski definition) is 0. The van der Waals surface area contributed by atoms with E-state index in [4.69, 9.17) is 4.42 Å². The van der Waals surface area contributed by atoms with Crippen molar-refractivity contribution in [1.29, 1.82) is 0 Å². The van der Waals surface area contributed by atoms with Crippen molar-refractivity contribution in [3.05, 3.63) is 29.7 Å². The minimum Gasteiger partial charge on any atom is -0.423 e. The van der Waals surface area contributed by atoms with Gasteiger partial charge >= 0.3 is 0 Å². The molecule has 0 amide bonds. The van der Waals surface area contributed by atoms with Crippen LogP contribution in [-0.4, -0.2) is 20.0 Å². The topological polar surface area (TPSA) is 56.7 Å². The lowest BCUT2D eigenvalue weighted by Gasteiger charge is -2.20. The monoisotopic (exact) mass is 236 g/mol. The number of aryl methyl sites for hydroxylation is 2. The van der Waals surface area contributed by atoms with Crippen LogP contribution in [0.25, 0.3) is 0 Å². The van der Waals surface area contributed by atoms with Gasteiger partial charge in [-0.05, 0) is 26.3 Å². The highest BCUT2D eigenvalue weighted by Crippen LogP contribution is 2.23. The summed E-state index contributed by atoms with van der Waals surface area (Å²) in [5.41, 5.74) is 0.703. The van der Waals surface area contributed by atoms with Gasteiger partial charge in [-0.1, -0.05) is 13.8 Å². The molecule has 0 aliphatic rings. The molecule has 0 aliphatic carbocycles. The zero-order valence-corrected chi connectivity index (χ0v) is 11.4. The summed E-state index contributed by atoms with van der Waals surface area (Å²) >= 11 is 0. The van der Waals surface area contributed by atoms with Gasteiger partial charge in [0.1, 0.15) is 5.54 Å². The van der Waals surface area contributed by atoms with E-state index >= 15 is 0 Å². The Morgan fingerprint density at radius 3 is 2.24 bits per heavy atom. The third kappa shape index (κ3) is 2.72. The van der Waals surface area contributed by atoms with Gasteiger partial charge in [-0.15, -0.1) is 10.2 Å². The van der Waals surface area contributed by atoms with Crippen molar-refractivity contribution in [3.8, 4) is 0 Å². The Morgan fingerprint density at radius 2 is 1.82 bits per heavy atom. The molecular formula is C12H20N4O. The van der Waals surface area contributed by atoms with E-state index in [1.54, 1.807) is 6.92 Å². The minimum atomic E-state index is -0.407. The normalized spacial score (nSPS) is 10.9. The molecule has 2 aromatic rings. The van der Waals surface area contributed by atoms with E-state index in [2.05, 4.69) is 15.3 Å². The molecule has 0 aliphatic heterocycles. The van der Waals surface area contributed by atoms with E-state index < -0.39 is 5.54 Å². The lowest BCUT2D eigenvalue weighted by molar-refractivity contribution is 0.293. The van der Waals surface area contributed by atoms with Gasteiger partial charge in [0.05, 0.1) is 6.20 Å². The fourth-order valence-electron chi connectivity index (χ4n) is 1.36. The van der Waals surface area contributed by atoms with Crippen molar-refractivity contribution in [2.24, 2.45) is 0 Å². The van der Waals surface area contributed by atoms with Gasteiger partial charge in [0, 0.05) is 13.1 Å². The van der Waals surface area contributed by atoms with Crippen molar-refractivity contribution < 1.29 is 4.42 Å². The minimum absolute atomic E-state index is 0.407. The van der Waals surface area contributed by atoms with Crippen LogP contribution in [0.5, 0.6) is 0 Å². The Kier molecular flexibility index (Phi) is 4.04. The number of nitrogens with zero attached hydrogens (tertiary/aromatic N) is 4. The van der Waals surface area contributed by atoms with E-state index in [1.807, 2.05) is 51.7 Å². The Labute approximate surface area is 102 Å². The van der Waals surface area contributed by atoms with Crippen molar-refractivity contribution in [2.45, 2.75) is 47.1 Å². The third-order valence-corrected chi connectivity index (χ3v) is 2.33. The molecule has 2 aromatic heterocycles. The van der Waals surface area contributed by atoms with Crippen molar-refractivity contribution >= 4 is 0 Å². The average molecular weight is 236 g/mol. The Morgan fingerprint density at radius 1 is 1.18 bits per heavy atom. The summed E-state index contributed by atoms with van der Waals surface area (Å²) in [5.74, 6) is 1.14. The van der Waals surface area contributed by atoms with Gasteiger partial charge in [-0.2, -0.15) is 5.10 Å². The summed E-state index contributed by atoms with van der Waals surface area (Å²) in [7, 11) is 0. The SMILES string of the molecule is CC.Cc1cnn(C(C)(C)c2nnc(C)o2)c1. The molecule has 0 saturated heterocycles. The van der Waals surface area contributed by atoms with Crippen LogP contribution in [0.15, 0.2) is 16.8 Å². The zero-order valence-electron chi connectivity index (χ0n) is 11.4. The van der Waals surface area contributed by atoms with Crippen molar-refractivity contribution in [3.63, 3.8) is 0 Å². The fraction of sp³-hybridized carbons (Fsp3) is 0.583. The van der Waals surface area contributed by atoms with Crippen LogP contribution in [0, 0.1) is 13.8 Å². The van der Waals surface area contributed by atoms with Gasteiger partial charge in [0.2, 0.25) is 11.8 Å². The summed E-state index contributed by atoms with van der Waals surface area (Å²) in [6.45, 7) is 11.8. The fourth-order valence-corrected chi connectivity index (χ4v) is 1.36. The molecule has 0 aromatic carbocycles. The first-order valence-electron chi connectivity index (χ1n) is 5.82. The molecule has 0 spiro atoms. The first kappa shape index (κ1) is 13.4. The van der Waals surface area contributed by atoms with E-state index in [0.29, 0.717) is 11.8 Å². The molecule has 2 rings (SSSR count). The molecule has 5 nitrogen and oxygen atoms in total. The molecule has 0 bridgehead atoms. The molecule has 0 N–H and O–H groups in total. The molecule has 2 heterocycles. The molecule has 0 radical (unpaired) electrons. The third-order valence-electron chi connectivity index (χ3n) is 2.33. The van der Waals surface area contributed by atoms with Crippen LogP contribution in [0.4, 0.5) is 0 Å². The maximum absolute atomic E-state index is 5.43. The molecule has 0 saturated carbocycles. The first-order chi connectivity index (χ1) is 8.00. The van der Waals surface area contributed by atoms with Crippen LogP contribution >= 0.6 is 0 Å². The predicted octanol–water partition coefficient (Wildman–Crippen LogP) is 2.69. The Bertz CT molecular complexity index is 428. The van der Waals surface area contributed by atoms with Gasteiger partial charge < -0.3 is 4.42 Å². The highest BCUT2D eigenvalue weighted by molar-refractivity contribution is 5.06. The second-order valence-electron chi connectivity index (χ2n) is 4.15. The quantitative estimate of drug-likeness (QED) is 0.804. The standard InChI is InChI=1S/C10H14N4O.C2H6/c1-7-5-11-14(6-7)10(3,4)9-13-12-8(2)15-9;1-2/h5-6H,1-4H3;1-2H3. The summed E-state index contributed by atoms with van der Waals surface area (Å²) in [6.07, 6.45) is 3.77. The van der Waals surface area contributed by atoms with Gasteiger partial charge in [-0.25, -0.2) is 0 Å². The predicted molar refractivity (Wildman–Crippen MR) is 65.8 cm³/mol. The highest BCUT2D eigenvalue weighted by atomic mass is 16.4. The lowest BCUT2D eigenvalue weighted by atomic mass is 10.1. The molecule has 5 heteroatoms. The first-order valence-corrected chi connectivity index (χ1v) is 5.82. The Balaban J connectivity index is 0.000000686. The van der Waals surface area contributed by atoms with Gasteiger partial charge in [-0.3, -0.25) is 4.68 Å². The van der Waals surface area contributed by atoms with E-state index in [1.165, 1.54) is 0 Å². The highest BCUT2D eigenvalue weighted by Gasteiger charge is 2.29. The van der Waals surface area contributed by atoms with Gasteiger partial charge in [0.15, 0.2) is 0 Å². The van der Waals surface area contributed by atoms with Crippen LogP contribution < -0.4 is 0 Å². The largest absolute Gasteiger partial charge is 0.423 e. The average Bonchev–Trinajstić information content (AvgIpc) is 2.90. The summed E-state index contributed by atoms with van der Waals surface area (Å²) in [5, 5.41) is 12.1. The smallest absolute Gasteiger partial charge is 0.243 e. The van der Waals surface area contributed by atoms with Crippen LogP contribution in [-0.2, 0) is 5.54 Å². The number of rotatable bonds is 2. The second kappa shape index (κ2) is 5.12. The van der Waals surface area contributed by atoms with Crippen molar-refractivity contribution in [2.75, 3.05) is 0 Å². The summed E-state index contributed by atoms with van der Waals surface area (Å²) < 4.78 is 7.26. The van der Waals surface area contributed by atoms with Crippen LogP contribution in [0.2, 0.25) is 0 Å². The van der Waals surface area contributed by atoms with Crippen LogP contribution in [0.3, 0.4) is 0 Å². The summed E-state index contributed by atoms with van der Waals surface area (Å²) in [6, 6.07) is 0. The second-order valence-corrected chi connectivity index (χ2v) is 4.15. The molecule has 17 heavy (non-hydrogen) atoms. The Hall–Kier alpha value is -1.65. The van der Waals surface area contributed by atoms with E-state index in [-0.39, 0.29) is 0 Å². The lowest BCUT2D eigenvalue weighted by Crippen LogP contribution is -2.28. The molecule has 0 fully saturated rings. The van der Waals surface area contributed by atoms with E-state index in [9.17, 15) is 0 Å². The van der Waals surface area contributed by atoms with Crippen LogP contribution in [0.1, 0.15) is 45.0 Å². The molecule has 94 valence electrons. The molecule has 0 unspecified atom stereocenters. The van der Waals surface area contributed by atoms with Crippen molar-refractivity contribution in [1.82, 2.24) is 20.0 Å². The maximum Gasteiger partial charge on any atom is 0.243 e. The molecule has 0 atom stereocenters. The maximum atomic E-state index is 5.43. The van der Waals surface area contributed by atoms with Gasteiger partial charge in [0.25, 0.3) is 0 Å². The summed E-state index contributed by atoms with van der Waals surface area (Å²) in [4.78, 5) is 0. The number of hydrogen-bond acceptors (Lipinski definition) is 4. The van der Waals surface area contributed by atoms with E-state index in [0.717, 1.165) is 5.56 Å². The zero-order chi connectivity index (χ0) is 13.1.